The molecule has 0 radical (unpaired) electrons. The summed E-state index contributed by atoms with van der Waals surface area (Å²) < 4.78 is 315. The highest BCUT2D eigenvalue weighted by Gasteiger charge is 2.31. The average molecular weight is 908 g/mol. The van der Waals surface area contributed by atoms with Gasteiger partial charge < -0.3 is 0 Å². The van der Waals surface area contributed by atoms with E-state index in [4.69, 9.17) is 0 Å². The summed E-state index contributed by atoms with van der Waals surface area (Å²) in [5.41, 5.74) is -10.0. The van der Waals surface area contributed by atoms with Crippen LogP contribution in [0.3, 0.4) is 0 Å². The van der Waals surface area contributed by atoms with Crippen LogP contribution in [0.2, 0.25) is 0 Å². The molecule has 0 amide bonds. The van der Waals surface area contributed by atoms with Crippen molar-refractivity contribution in [3.63, 3.8) is 0 Å². The quantitative estimate of drug-likeness (QED) is 0.0718. The van der Waals surface area contributed by atoms with Crippen LogP contribution < -0.4 is 0 Å². The molecule has 0 atom stereocenters. The Hall–Kier alpha value is -6.30. The first kappa shape index (κ1) is 49.1. The molecular weight excluding hydrogens is 899 g/mol. The molecular formula is C36H9BF24. The largest absolute Gasteiger partial charge is 0.206 e. The normalized spacial score (nSPS) is 10.8. The van der Waals surface area contributed by atoms with Gasteiger partial charge in [-0.3, -0.25) is 0 Å². The van der Waals surface area contributed by atoms with Gasteiger partial charge in [-0.2, -0.15) is 0 Å². The van der Waals surface area contributed by atoms with Gasteiger partial charge in [0.25, 0.3) is 0 Å². The minimum Gasteiger partial charge on any atom is -0.206 e. The van der Waals surface area contributed by atoms with Crippen molar-refractivity contribution in [2.24, 2.45) is 0 Å². The molecule has 0 aliphatic heterocycles. The van der Waals surface area contributed by atoms with Gasteiger partial charge in [0.2, 0.25) is 0 Å². The number of halogens is 24. The van der Waals surface area contributed by atoms with Gasteiger partial charge in [-0.25, -0.2) is 105 Å². The van der Waals surface area contributed by atoms with Gasteiger partial charge in [-0.1, -0.05) is 0 Å². The Labute approximate surface area is 323 Å². The molecule has 0 heterocycles. The van der Waals surface area contributed by atoms with Gasteiger partial charge in [0.1, 0.15) is 34.9 Å². The van der Waals surface area contributed by atoms with E-state index in [2.05, 4.69) is 0 Å². The maximum atomic E-state index is 13.4. The van der Waals surface area contributed by atoms with Crippen LogP contribution >= 0.6 is 0 Å². The van der Waals surface area contributed by atoms with Crippen molar-refractivity contribution in [1.82, 2.24) is 0 Å². The van der Waals surface area contributed by atoms with Gasteiger partial charge >= 0.3 is 0 Å². The van der Waals surface area contributed by atoms with Crippen LogP contribution in [-0.2, 0) is 0 Å². The van der Waals surface area contributed by atoms with E-state index in [1.165, 1.54) is 0 Å². The molecule has 0 aliphatic carbocycles. The molecule has 0 spiro atoms. The Bertz CT molecular complexity index is 2240. The van der Waals surface area contributed by atoms with E-state index in [0.29, 0.717) is 0 Å². The fourth-order valence-electron chi connectivity index (χ4n) is 4.77. The van der Waals surface area contributed by atoms with Gasteiger partial charge in [-0.15, -0.1) is 0 Å². The van der Waals surface area contributed by atoms with Crippen LogP contribution in [0.1, 0.15) is 0 Å². The number of benzene rings is 6. The second kappa shape index (κ2) is 18.5. The maximum Gasteiger partial charge on any atom is 0.195 e. The first-order chi connectivity index (χ1) is 27.8. The lowest BCUT2D eigenvalue weighted by atomic mass is 10.0. The predicted octanol–water partition coefficient (Wildman–Crippen LogP) is 12.2. The molecule has 6 rings (SSSR count). The molecule has 25 heteroatoms. The molecule has 0 saturated carbocycles. The smallest absolute Gasteiger partial charge is 0.195 e. The molecule has 0 N–H and O–H groups in total. The second-order valence-corrected chi connectivity index (χ2v) is 11.1. The first-order valence-electron chi connectivity index (χ1n) is 14.7. The molecule has 0 bridgehead atoms. The van der Waals surface area contributed by atoms with E-state index in [1.807, 2.05) is 0 Å². The molecule has 0 fully saturated rings. The van der Waals surface area contributed by atoms with Gasteiger partial charge in [0, 0.05) is 36.4 Å². The Morgan fingerprint density at radius 1 is 0.148 bits per heavy atom. The summed E-state index contributed by atoms with van der Waals surface area (Å²) in [6, 6.07) is -1.04. The molecule has 6 aromatic carbocycles. The molecule has 0 aromatic heterocycles. The van der Waals surface area contributed by atoms with Crippen LogP contribution in [0.5, 0.6) is 0 Å². The van der Waals surface area contributed by atoms with Crippen molar-refractivity contribution in [3.05, 3.63) is 176 Å². The Morgan fingerprint density at radius 3 is 0.344 bits per heavy atom. The van der Waals surface area contributed by atoms with Crippen molar-refractivity contribution in [2.75, 3.05) is 0 Å². The lowest BCUT2D eigenvalue weighted by Crippen LogP contribution is -2.05. The minimum atomic E-state index is -2.26. The second-order valence-electron chi connectivity index (χ2n) is 11.1. The molecule has 324 valence electrons. The third-order valence-electron chi connectivity index (χ3n) is 7.43. The summed E-state index contributed by atoms with van der Waals surface area (Å²) in [7, 11) is 0. The third kappa shape index (κ3) is 9.09. The first-order valence-corrected chi connectivity index (χ1v) is 14.7. The minimum absolute atomic E-state index is 0. The summed E-state index contributed by atoms with van der Waals surface area (Å²) in [6.45, 7) is 0. The predicted molar refractivity (Wildman–Crippen MR) is 165 cm³/mol. The maximum absolute atomic E-state index is 13.4. The van der Waals surface area contributed by atoms with Crippen molar-refractivity contribution >= 4 is 8.41 Å². The highest BCUT2D eigenvalue weighted by Crippen LogP contribution is 2.37. The zero-order valence-electron chi connectivity index (χ0n) is 27.5. The van der Waals surface area contributed by atoms with Gasteiger partial charge in [0.15, 0.2) is 105 Å². The van der Waals surface area contributed by atoms with E-state index < -0.39 is 173 Å². The Kier molecular flexibility index (Phi) is 14.9. The van der Waals surface area contributed by atoms with Crippen molar-refractivity contribution in [2.45, 2.75) is 0 Å². The van der Waals surface area contributed by atoms with Crippen LogP contribution in [0.15, 0.2) is 36.4 Å². The van der Waals surface area contributed by atoms with E-state index in [9.17, 15) is 105 Å². The monoisotopic (exact) mass is 908 g/mol. The summed E-state index contributed by atoms with van der Waals surface area (Å²) in [6.07, 6.45) is 0. The highest BCUT2D eigenvalue weighted by atomic mass is 19.2. The SMILES string of the molecule is B.Fc1cc(F)c(-c2c(F)cc(F)c(F)c2F)c(F)c1F.Fc1cc(F)c(-c2c(F)cc(F)c(F)c2F)c(F)c1F.Fc1cc(F)c(-c2c(F)cc(F)c(F)c2F)c(F)c1F. The van der Waals surface area contributed by atoms with E-state index in [0.717, 1.165) is 0 Å². The zero-order valence-corrected chi connectivity index (χ0v) is 27.5. The summed E-state index contributed by atoms with van der Waals surface area (Å²) in [5, 5.41) is 0. The van der Waals surface area contributed by atoms with Crippen LogP contribution in [0.25, 0.3) is 33.4 Å². The van der Waals surface area contributed by atoms with Crippen LogP contribution in [0.4, 0.5) is 105 Å². The summed E-state index contributed by atoms with van der Waals surface area (Å²) in [5.74, 6) is -49.6. The van der Waals surface area contributed by atoms with E-state index in [-0.39, 0.29) is 44.8 Å². The number of rotatable bonds is 3. The van der Waals surface area contributed by atoms with Gasteiger partial charge in [0.05, 0.1) is 41.8 Å². The lowest BCUT2D eigenvalue weighted by molar-refractivity contribution is 0.426. The number of hydrogen-bond donors (Lipinski definition) is 0. The third-order valence-corrected chi connectivity index (χ3v) is 7.43. The molecule has 0 unspecified atom stereocenters. The van der Waals surface area contributed by atoms with Crippen molar-refractivity contribution in [3.8, 4) is 33.4 Å². The zero-order chi connectivity index (χ0) is 45.6. The summed E-state index contributed by atoms with van der Waals surface area (Å²) >= 11 is 0. The van der Waals surface area contributed by atoms with Gasteiger partial charge in [-0.05, 0) is 0 Å². The van der Waals surface area contributed by atoms with Crippen LogP contribution in [0, 0.1) is 140 Å². The Morgan fingerprint density at radius 2 is 0.246 bits per heavy atom. The molecule has 6 aromatic rings. The molecule has 0 aliphatic rings. The molecule has 0 nitrogen and oxygen atoms in total. The fraction of sp³-hybridized carbons (Fsp3) is 0. The van der Waals surface area contributed by atoms with Crippen LogP contribution in [-0.4, -0.2) is 8.41 Å². The molecule has 61 heavy (non-hydrogen) atoms. The standard InChI is InChI=1S/3C12H2F8.BH3/c3*13-3-1-5(15)9(17)11(19)7(3)8-4(14)2-6(16)10(18)12(8)20;/h3*1-2H;1H3. The van der Waals surface area contributed by atoms with E-state index >= 15 is 0 Å². The highest BCUT2D eigenvalue weighted by molar-refractivity contribution is 5.75. The lowest BCUT2D eigenvalue weighted by Gasteiger charge is -2.10. The average Bonchev–Trinajstić information content (AvgIpc) is 3.17. The fourth-order valence-corrected chi connectivity index (χ4v) is 4.77. The van der Waals surface area contributed by atoms with E-state index in [1.54, 1.807) is 0 Å². The van der Waals surface area contributed by atoms with Crippen molar-refractivity contribution < 1.29 is 105 Å². The number of hydrogen-bond acceptors (Lipinski definition) is 0. The summed E-state index contributed by atoms with van der Waals surface area (Å²) in [4.78, 5) is 0. The van der Waals surface area contributed by atoms with Crippen molar-refractivity contribution in [1.29, 1.82) is 0 Å². The molecule has 0 saturated heterocycles. The Balaban J connectivity index is 0.000000242. The topological polar surface area (TPSA) is 0 Å².